The van der Waals surface area contributed by atoms with Crippen LogP contribution in [0.3, 0.4) is 0 Å². The summed E-state index contributed by atoms with van der Waals surface area (Å²) in [6.45, 7) is 9.20. The van der Waals surface area contributed by atoms with Crippen LogP contribution in [0.25, 0.3) is 0 Å². The number of halogens is 2. The molecular formula is C15H21BrFN. The number of nitrogens with one attached hydrogen (secondary N) is 1. The van der Waals surface area contributed by atoms with Crippen molar-refractivity contribution in [1.29, 1.82) is 0 Å². The third kappa shape index (κ3) is 4.91. The summed E-state index contributed by atoms with van der Waals surface area (Å²) in [5.41, 5.74) is 2.16. The molecule has 1 atom stereocenters. The Bertz CT molecular complexity index is 383. The maximum atomic E-state index is 13.4. The molecule has 1 unspecified atom stereocenters. The van der Waals surface area contributed by atoms with Crippen LogP contribution in [-0.2, 0) is 0 Å². The molecule has 0 spiro atoms. The van der Waals surface area contributed by atoms with Gasteiger partial charge in [-0.1, -0.05) is 41.9 Å². The molecule has 0 aromatic heterocycles. The Hall–Kier alpha value is -0.670. The number of rotatable bonds is 7. The van der Waals surface area contributed by atoms with Gasteiger partial charge in [0.15, 0.2) is 0 Å². The van der Waals surface area contributed by atoms with Gasteiger partial charge < -0.3 is 5.32 Å². The second-order valence-corrected chi connectivity index (χ2v) is 5.43. The smallest absolute Gasteiger partial charge is 0.124 e. The molecule has 0 fully saturated rings. The highest BCUT2D eigenvalue weighted by molar-refractivity contribution is 9.10. The van der Waals surface area contributed by atoms with E-state index in [1.807, 2.05) is 6.07 Å². The topological polar surface area (TPSA) is 12.0 Å². The Morgan fingerprint density at radius 1 is 1.39 bits per heavy atom. The van der Waals surface area contributed by atoms with Crippen molar-refractivity contribution in [2.75, 3.05) is 6.54 Å². The second kappa shape index (κ2) is 7.70. The van der Waals surface area contributed by atoms with Crippen LogP contribution < -0.4 is 5.32 Å². The van der Waals surface area contributed by atoms with Crippen LogP contribution >= 0.6 is 15.9 Å². The van der Waals surface area contributed by atoms with Crippen LogP contribution in [0.5, 0.6) is 0 Å². The Morgan fingerprint density at radius 2 is 2.11 bits per heavy atom. The van der Waals surface area contributed by atoms with Gasteiger partial charge in [0.1, 0.15) is 5.82 Å². The van der Waals surface area contributed by atoms with E-state index < -0.39 is 0 Å². The van der Waals surface area contributed by atoms with Gasteiger partial charge in [-0.15, -0.1) is 0 Å². The highest BCUT2D eigenvalue weighted by Crippen LogP contribution is 2.25. The lowest BCUT2D eigenvalue weighted by Gasteiger charge is -2.20. The number of hydrogen-bond donors (Lipinski definition) is 1. The predicted octanol–water partition coefficient (Wildman–Crippen LogP) is 4.99. The monoisotopic (exact) mass is 313 g/mol. The lowest BCUT2D eigenvalue weighted by Crippen LogP contribution is -2.22. The normalized spacial score (nSPS) is 12.4. The van der Waals surface area contributed by atoms with E-state index in [1.54, 1.807) is 6.07 Å². The minimum absolute atomic E-state index is 0.143. The largest absolute Gasteiger partial charge is 0.310 e. The number of benzene rings is 1. The highest BCUT2D eigenvalue weighted by Gasteiger charge is 2.13. The van der Waals surface area contributed by atoms with Gasteiger partial charge in [0.05, 0.1) is 0 Å². The maximum absolute atomic E-state index is 13.4. The van der Waals surface area contributed by atoms with Gasteiger partial charge in [0.25, 0.3) is 0 Å². The molecule has 0 bridgehead atoms. The summed E-state index contributed by atoms with van der Waals surface area (Å²) in [5, 5.41) is 3.46. The highest BCUT2D eigenvalue weighted by atomic mass is 79.9. The average molecular weight is 314 g/mol. The van der Waals surface area contributed by atoms with Crippen molar-refractivity contribution in [3.8, 4) is 0 Å². The van der Waals surface area contributed by atoms with Crippen LogP contribution in [0.2, 0.25) is 0 Å². The summed E-state index contributed by atoms with van der Waals surface area (Å²) in [5.74, 6) is -0.204. The Balaban J connectivity index is 2.89. The summed E-state index contributed by atoms with van der Waals surface area (Å²) in [6.07, 6.45) is 2.87. The molecule has 0 saturated carbocycles. The predicted molar refractivity (Wildman–Crippen MR) is 79.2 cm³/mol. The SMILES string of the molecule is C=C(CC)CC(NCCC)c1cc(F)cc(Br)c1. The van der Waals surface area contributed by atoms with Crippen molar-refractivity contribution in [1.82, 2.24) is 5.32 Å². The van der Waals surface area contributed by atoms with Gasteiger partial charge in [-0.3, -0.25) is 0 Å². The van der Waals surface area contributed by atoms with Crippen LogP contribution in [0.4, 0.5) is 4.39 Å². The standard InChI is InChI=1S/C15H21BrFN/c1-4-6-18-15(7-11(3)5-2)12-8-13(16)10-14(17)9-12/h8-10,15,18H,3-7H2,1-2H3. The van der Waals surface area contributed by atoms with Crippen molar-refractivity contribution in [3.05, 3.63) is 46.2 Å². The third-order valence-electron chi connectivity index (χ3n) is 2.92. The average Bonchev–Trinajstić information content (AvgIpc) is 2.32. The van der Waals surface area contributed by atoms with Crippen molar-refractivity contribution in [2.24, 2.45) is 0 Å². The van der Waals surface area contributed by atoms with E-state index in [1.165, 1.54) is 11.6 Å². The zero-order chi connectivity index (χ0) is 13.5. The molecule has 0 radical (unpaired) electrons. The van der Waals surface area contributed by atoms with Crippen molar-refractivity contribution < 1.29 is 4.39 Å². The fraction of sp³-hybridized carbons (Fsp3) is 0.467. The summed E-state index contributed by atoms with van der Waals surface area (Å²) < 4.78 is 14.2. The molecule has 1 aromatic rings. The van der Waals surface area contributed by atoms with Crippen LogP contribution in [-0.4, -0.2) is 6.54 Å². The molecule has 1 rings (SSSR count). The van der Waals surface area contributed by atoms with Crippen molar-refractivity contribution in [3.63, 3.8) is 0 Å². The van der Waals surface area contributed by atoms with E-state index in [0.717, 1.165) is 35.8 Å². The molecule has 100 valence electrons. The molecule has 0 heterocycles. The molecule has 1 N–H and O–H groups in total. The summed E-state index contributed by atoms with van der Waals surface area (Å²) in [7, 11) is 0. The fourth-order valence-electron chi connectivity index (χ4n) is 1.84. The molecule has 1 nitrogen and oxygen atoms in total. The molecule has 0 aliphatic carbocycles. The van der Waals surface area contributed by atoms with Crippen molar-refractivity contribution in [2.45, 2.75) is 39.2 Å². The summed E-state index contributed by atoms with van der Waals surface area (Å²) in [4.78, 5) is 0. The van der Waals surface area contributed by atoms with E-state index in [2.05, 4.69) is 41.7 Å². The molecule has 0 amide bonds. The molecule has 0 aliphatic heterocycles. The first-order valence-corrected chi connectivity index (χ1v) is 7.22. The van der Waals surface area contributed by atoms with Crippen LogP contribution in [0, 0.1) is 5.82 Å². The molecular weight excluding hydrogens is 293 g/mol. The van der Waals surface area contributed by atoms with E-state index in [0.29, 0.717) is 0 Å². The molecule has 18 heavy (non-hydrogen) atoms. The molecule has 0 saturated heterocycles. The van der Waals surface area contributed by atoms with Gasteiger partial charge in [-0.05, 0) is 49.6 Å². The van der Waals surface area contributed by atoms with Crippen LogP contribution in [0.15, 0.2) is 34.8 Å². The minimum atomic E-state index is -0.204. The lowest BCUT2D eigenvalue weighted by atomic mass is 9.98. The third-order valence-corrected chi connectivity index (χ3v) is 3.38. The first-order valence-electron chi connectivity index (χ1n) is 6.42. The van der Waals surface area contributed by atoms with E-state index in [4.69, 9.17) is 0 Å². The molecule has 1 aromatic carbocycles. The molecule has 0 aliphatic rings. The number of hydrogen-bond acceptors (Lipinski definition) is 1. The Morgan fingerprint density at radius 3 is 2.67 bits per heavy atom. The summed E-state index contributed by atoms with van der Waals surface area (Å²) >= 11 is 3.34. The first-order chi connectivity index (χ1) is 8.56. The van der Waals surface area contributed by atoms with Crippen molar-refractivity contribution >= 4 is 15.9 Å². The second-order valence-electron chi connectivity index (χ2n) is 4.52. The lowest BCUT2D eigenvalue weighted by molar-refractivity contribution is 0.518. The van der Waals surface area contributed by atoms with Gasteiger partial charge in [-0.2, -0.15) is 0 Å². The fourth-order valence-corrected chi connectivity index (χ4v) is 2.32. The van der Waals surface area contributed by atoms with E-state index >= 15 is 0 Å². The van der Waals surface area contributed by atoms with E-state index in [9.17, 15) is 4.39 Å². The van der Waals surface area contributed by atoms with Gasteiger partial charge in [0, 0.05) is 10.5 Å². The maximum Gasteiger partial charge on any atom is 0.124 e. The Kier molecular flexibility index (Phi) is 6.58. The van der Waals surface area contributed by atoms with E-state index in [-0.39, 0.29) is 11.9 Å². The quantitative estimate of drug-likeness (QED) is 0.700. The zero-order valence-electron chi connectivity index (χ0n) is 11.1. The minimum Gasteiger partial charge on any atom is -0.310 e. The summed E-state index contributed by atoms with van der Waals surface area (Å²) in [6, 6.07) is 5.19. The Labute approximate surface area is 118 Å². The first kappa shape index (κ1) is 15.4. The zero-order valence-corrected chi connectivity index (χ0v) is 12.7. The van der Waals surface area contributed by atoms with Gasteiger partial charge in [-0.25, -0.2) is 4.39 Å². The van der Waals surface area contributed by atoms with Crippen LogP contribution in [0.1, 0.15) is 44.7 Å². The van der Waals surface area contributed by atoms with Gasteiger partial charge in [0.2, 0.25) is 0 Å². The molecule has 3 heteroatoms. The van der Waals surface area contributed by atoms with Gasteiger partial charge >= 0.3 is 0 Å².